The molecule has 4 unspecified atom stereocenters. The summed E-state index contributed by atoms with van der Waals surface area (Å²) in [6.07, 6.45) is 0.957. The molecule has 2 aromatic rings. The van der Waals surface area contributed by atoms with Gasteiger partial charge in [-0.05, 0) is 48.6 Å². The largest absolute Gasteiger partial charge is 0.508 e. The van der Waals surface area contributed by atoms with E-state index in [9.17, 15) is 15.0 Å². The number of β-amino-alcohol motifs (C(OH)–C–C–N with tert-alkyl or cyclic N) is 1. The third-order valence-electron chi connectivity index (χ3n) is 6.30. The summed E-state index contributed by atoms with van der Waals surface area (Å²) in [6.45, 7) is 6.27. The van der Waals surface area contributed by atoms with Crippen LogP contribution in [0.5, 0.6) is 5.75 Å². The van der Waals surface area contributed by atoms with Crippen molar-refractivity contribution in [2.45, 2.75) is 45.3 Å². The molecule has 0 aromatic heterocycles. The molecule has 2 saturated heterocycles. The number of fused-ring (bicyclic) bond motifs is 1. The molecule has 4 N–H and O–H groups in total. The molecule has 2 fully saturated rings. The molecule has 6 nitrogen and oxygen atoms in total. The van der Waals surface area contributed by atoms with Gasteiger partial charge < -0.3 is 15.1 Å². The molecule has 154 valence electrons. The molecule has 1 amide bonds. The van der Waals surface area contributed by atoms with Gasteiger partial charge in [0.2, 0.25) is 5.91 Å². The van der Waals surface area contributed by atoms with Crippen LogP contribution in [-0.2, 0) is 11.2 Å². The minimum atomic E-state index is -0.400. The molecule has 2 aromatic carbocycles. The number of carbonyl (C=O) groups excluding carboxylic acids is 1. The summed E-state index contributed by atoms with van der Waals surface area (Å²) in [4.78, 5) is 14.9. The van der Waals surface area contributed by atoms with E-state index in [2.05, 4.69) is 48.1 Å². The molecule has 6 heteroatoms. The average molecular weight is 396 g/mol. The van der Waals surface area contributed by atoms with Crippen LogP contribution in [0.4, 0.5) is 0 Å². The maximum absolute atomic E-state index is 13.1. The van der Waals surface area contributed by atoms with Crippen molar-refractivity contribution in [2.24, 2.45) is 5.92 Å². The molecule has 4 atom stereocenters. The molecule has 0 radical (unpaired) electrons. The summed E-state index contributed by atoms with van der Waals surface area (Å²) >= 11 is 0. The van der Waals surface area contributed by atoms with Crippen molar-refractivity contribution in [3.05, 3.63) is 64.2 Å². The van der Waals surface area contributed by atoms with E-state index in [4.69, 9.17) is 0 Å². The molecule has 0 aliphatic carbocycles. The molecule has 0 saturated carbocycles. The van der Waals surface area contributed by atoms with Gasteiger partial charge in [0.1, 0.15) is 11.8 Å². The number of aromatic hydroxyl groups is 1. The van der Waals surface area contributed by atoms with Crippen LogP contribution in [0.15, 0.2) is 36.4 Å². The van der Waals surface area contributed by atoms with Crippen molar-refractivity contribution in [3.63, 3.8) is 0 Å². The number of amides is 1. The van der Waals surface area contributed by atoms with Crippen molar-refractivity contribution in [1.82, 2.24) is 15.8 Å². The fraction of sp³-hybridized carbons (Fsp3) is 0.435. The number of phenols is 1. The first-order valence-corrected chi connectivity index (χ1v) is 10.3. The van der Waals surface area contributed by atoms with Crippen molar-refractivity contribution in [1.29, 1.82) is 0 Å². The number of benzene rings is 2. The summed E-state index contributed by atoms with van der Waals surface area (Å²) in [7, 11) is 0. The van der Waals surface area contributed by atoms with Crippen LogP contribution >= 0.6 is 0 Å². The summed E-state index contributed by atoms with van der Waals surface area (Å²) in [6, 6.07) is 11.4. The highest BCUT2D eigenvalue weighted by molar-refractivity contribution is 5.86. The van der Waals surface area contributed by atoms with Gasteiger partial charge in [0.05, 0.1) is 18.7 Å². The second kappa shape index (κ2) is 7.78. The Hall–Kier alpha value is -2.41. The van der Waals surface area contributed by atoms with E-state index >= 15 is 0 Å². The van der Waals surface area contributed by atoms with Gasteiger partial charge in [-0.3, -0.25) is 4.79 Å². The maximum atomic E-state index is 13.1. The van der Waals surface area contributed by atoms with Crippen LogP contribution in [-0.4, -0.2) is 40.2 Å². The topological polar surface area (TPSA) is 84.8 Å². The van der Waals surface area contributed by atoms with Crippen LogP contribution in [0, 0.1) is 19.8 Å². The Morgan fingerprint density at radius 1 is 1.07 bits per heavy atom. The zero-order chi connectivity index (χ0) is 20.7. The van der Waals surface area contributed by atoms with E-state index in [0.717, 1.165) is 28.7 Å². The molecular formula is C23H29N3O3. The molecule has 29 heavy (non-hydrogen) atoms. The van der Waals surface area contributed by atoms with Gasteiger partial charge in [-0.15, -0.1) is 0 Å². The Balaban J connectivity index is 1.79. The predicted molar refractivity (Wildman–Crippen MR) is 111 cm³/mol. The SMILES string of the molecule is CCc1ccc(C2C3C(NNC3c3c(C)cc(C)cc3O)C(=O)N2CCO)cc1. The fourth-order valence-electron chi connectivity index (χ4n) is 5.01. The lowest BCUT2D eigenvalue weighted by Crippen LogP contribution is -2.42. The van der Waals surface area contributed by atoms with E-state index in [0.29, 0.717) is 6.54 Å². The van der Waals surface area contributed by atoms with Gasteiger partial charge in [0, 0.05) is 18.0 Å². The predicted octanol–water partition coefficient (Wildman–Crippen LogP) is 2.28. The first-order chi connectivity index (χ1) is 14.0. The smallest absolute Gasteiger partial charge is 0.242 e. The van der Waals surface area contributed by atoms with Gasteiger partial charge in [-0.1, -0.05) is 37.3 Å². The summed E-state index contributed by atoms with van der Waals surface area (Å²) in [5.41, 5.74) is 11.6. The number of hydrazine groups is 1. The number of nitrogens with one attached hydrogen (secondary N) is 2. The molecule has 2 aliphatic heterocycles. The highest BCUT2D eigenvalue weighted by Crippen LogP contribution is 2.49. The minimum Gasteiger partial charge on any atom is -0.508 e. The quantitative estimate of drug-likeness (QED) is 0.624. The molecule has 2 aliphatic rings. The standard InChI is InChI=1S/C23H29N3O3/c1-4-15-5-7-16(8-6-15)22-19-20(18-14(3)11-13(2)12-17(18)28)24-25-21(19)23(29)26(22)9-10-27/h5-8,11-12,19-22,24-25,27-28H,4,9-10H2,1-3H3. The first kappa shape index (κ1) is 19.9. The maximum Gasteiger partial charge on any atom is 0.242 e. The summed E-state index contributed by atoms with van der Waals surface area (Å²) in [5, 5.41) is 20.3. The Morgan fingerprint density at radius 2 is 1.76 bits per heavy atom. The minimum absolute atomic E-state index is 0.0205. The molecule has 0 spiro atoms. The number of aliphatic hydroxyl groups excluding tert-OH is 1. The van der Waals surface area contributed by atoms with Crippen LogP contribution in [0.2, 0.25) is 0 Å². The number of rotatable bonds is 5. The Morgan fingerprint density at radius 3 is 2.38 bits per heavy atom. The van der Waals surface area contributed by atoms with Crippen LogP contribution in [0.25, 0.3) is 0 Å². The van der Waals surface area contributed by atoms with Gasteiger partial charge in [-0.2, -0.15) is 0 Å². The van der Waals surface area contributed by atoms with Gasteiger partial charge in [0.25, 0.3) is 0 Å². The van der Waals surface area contributed by atoms with Crippen LogP contribution in [0.3, 0.4) is 0 Å². The van der Waals surface area contributed by atoms with Crippen molar-refractivity contribution in [3.8, 4) is 5.75 Å². The van der Waals surface area contributed by atoms with E-state index < -0.39 is 6.04 Å². The highest BCUT2D eigenvalue weighted by Gasteiger charge is 2.55. The molecular weight excluding hydrogens is 366 g/mol. The second-order valence-electron chi connectivity index (χ2n) is 8.13. The van der Waals surface area contributed by atoms with E-state index in [-0.39, 0.29) is 36.3 Å². The fourth-order valence-corrected chi connectivity index (χ4v) is 5.01. The van der Waals surface area contributed by atoms with E-state index in [1.165, 1.54) is 5.56 Å². The number of aryl methyl sites for hydroxylation is 3. The normalized spacial score (nSPS) is 26.2. The van der Waals surface area contributed by atoms with Gasteiger partial charge in [-0.25, -0.2) is 10.9 Å². The lowest BCUT2D eigenvalue weighted by molar-refractivity contribution is -0.131. The number of aliphatic hydroxyl groups is 1. The zero-order valence-corrected chi connectivity index (χ0v) is 17.1. The number of phenolic OH excluding ortho intramolecular Hbond substituents is 1. The lowest BCUT2D eigenvalue weighted by Gasteiger charge is -2.31. The molecule has 4 rings (SSSR count). The number of nitrogens with zero attached hydrogens (tertiary/aromatic N) is 1. The van der Waals surface area contributed by atoms with Crippen molar-refractivity contribution >= 4 is 5.91 Å². The first-order valence-electron chi connectivity index (χ1n) is 10.3. The second-order valence-corrected chi connectivity index (χ2v) is 8.13. The lowest BCUT2D eigenvalue weighted by atomic mass is 9.81. The number of carbonyl (C=O) groups is 1. The van der Waals surface area contributed by atoms with Crippen LogP contribution < -0.4 is 10.9 Å². The Bertz CT molecular complexity index is 889. The van der Waals surface area contributed by atoms with Gasteiger partial charge >= 0.3 is 0 Å². The van der Waals surface area contributed by atoms with Crippen molar-refractivity contribution < 1.29 is 15.0 Å². The van der Waals surface area contributed by atoms with Crippen molar-refractivity contribution in [2.75, 3.05) is 13.2 Å². The molecule has 0 bridgehead atoms. The summed E-state index contributed by atoms with van der Waals surface area (Å²) in [5.74, 6) is 0.122. The third kappa shape index (κ3) is 3.31. The van der Waals surface area contributed by atoms with Crippen LogP contribution in [0.1, 0.15) is 46.8 Å². The average Bonchev–Trinajstić information content (AvgIpc) is 3.22. The van der Waals surface area contributed by atoms with E-state index in [1.807, 2.05) is 13.8 Å². The Labute approximate surface area is 171 Å². The molecule has 2 heterocycles. The number of hydrogen-bond donors (Lipinski definition) is 4. The highest BCUT2D eigenvalue weighted by atomic mass is 16.3. The zero-order valence-electron chi connectivity index (χ0n) is 17.1. The number of likely N-dealkylation sites (tertiary alicyclic amines) is 1. The monoisotopic (exact) mass is 395 g/mol. The third-order valence-corrected chi connectivity index (χ3v) is 6.30. The Kier molecular flexibility index (Phi) is 5.34. The van der Waals surface area contributed by atoms with E-state index in [1.54, 1.807) is 11.0 Å². The van der Waals surface area contributed by atoms with Gasteiger partial charge in [0.15, 0.2) is 0 Å². The summed E-state index contributed by atoms with van der Waals surface area (Å²) < 4.78 is 0. The number of hydrogen-bond acceptors (Lipinski definition) is 5.